The lowest BCUT2D eigenvalue weighted by molar-refractivity contribution is 0.160. The molecule has 1 aliphatic rings. The van der Waals surface area contributed by atoms with E-state index in [2.05, 4.69) is 33.8 Å². The lowest BCUT2D eigenvalue weighted by Crippen LogP contribution is -2.14. The molecule has 0 spiro atoms. The number of hydrogen-bond acceptors (Lipinski definition) is 1. The quantitative estimate of drug-likeness (QED) is 0.608. The molecule has 0 N–H and O–H groups in total. The molecule has 0 saturated carbocycles. The number of rotatable bonds is 3. The summed E-state index contributed by atoms with van der Waals surface area (Å²) in [6, 6.07) is 0. The molecule has 0 bridgehead atoms. The summed E-state index contributed by atoms with van der Waals surface area (Å²) < 4.78 is 5.42. The molecule has 1 saturated heterocycles. The maximum Gasteiger partial charge on any atom is 0.0523 e. The summed E-state index contributed by atoms with van der Waals surface area (Å²) in [6.07, 6.45) is 4.78. The van der Waals surface area contributed by atoms with Gasteiger partial charge in [0, 0.05) is 6.61 Å². The van der Waals surface area contributed by atoms with Crippen LogP contribution in [0.1, 0.15) is 40.5 Å². The molecule has 1 unspecified atom stereocenters. The van der Waals surface area contributed by atoms with Gasteiger partial charge in [0.1, 0.15) is 0 Å². The zero-order valence-corrected chi connectivity index (χ0v) is 9.39. The molecule has 1 heteroatoms. The van der Waals surface area contributed by atoms with Crippen LogP contribution >= 0.6 is 0 Å². The average molecular weight is 182 g/mol. The van der Waals surface area contributed by atoms with E-state index in [1.54, 1.807) is 0 Å². The highest BCUT2D eigenvalue weighted by Gasteiger charge is 2.28. The molecule has 1 aliphatic heterocycles. The third kappa shape index (κ3) is 3.15. The average Bonchev–Trinajstić information content (AvgIpc) is 2.48. The topological polar surface area (TPSA) is 9.23 Å². The number of hydrogen-bond donors (Lipinski definition) is 0. The SMILES string of the molecule is C/C(=C\CC1(C)CCOC1)C(C)C. The van der Waals surface area contributed by atoms with Gasteiger partial charge in [-0.25, -0.2) is 0 Å². The van der Waals surface area contributed by atoms with Crippen LogP contribution in [0, 0.1) is 11.3 Å². The van der Waals surface area contributed by atoms with Crippen molar-refractivity contribution in [3.63, 3.8) is 0 Å². The summed E-state index contributed by atoms with van der Waals surface area (Å²) in [6.45, 7) is 10.9. The minimum absolute atomic E-state index is 0.413. The zero-order valence-electron chi connectivity index (χ0n) is 9.39. The molecule has 0 aromatic rings. The van der Waals surface area contributed by atoms with E-state index in [1.807, 2.05) is 0 Å². The molecule has 76 valence electrons. The fraction of sp³-hybridized carbons (Fsp3) is 0.833. The minimum atomic E-state index is 0.413. The Hall–Kier alpha value is -0.300. The van der Waals surface area contributed by atoms with E-state index in [1.165, 1.54) is 18.4 Å². The Kier molecular flexibility index (Phi) is 3.55. The first-order valence-electron chi connectivity index (χ1n) is 5.28. The zero-order chi connectivity index (χ0) is 9.90. The van der Waals surface area contributed by atoms with Crippen molar-refractivity contribution in [3.8, 4) is 0 Å². The molecule has 1 atom stereocenters. The molecule has 1 heterocycles. The van der Waals surface area contributed by atoms with E-state index < -0.39 is 0 Å². The van der Waals surface area contributed by atoms with Gasteiger partial charge in [0.2, 0.25) is 0 Å². The molecule has 0 aromatic heterocycles. The van der Waals surface area contributed by atoms with Crippen LogP contribution in [0.3, 0.4) is 0 Å². The Balaban J connectivity index is 2.44. The molecule has 1 nitrogen and oxygen atoms in total. The lowest BCUT2D eigenvalue weighted by atomic mass is 9.85. The third-order valence-electron chi connectivity index (χ3n) is 3.13. The van der Waals surface area contributed by atoms with Gasteiger partial charge in [-0.3, -0.25) is 0 Å². The van der Waals surface area contributed by atoms with Gasteiger partial charge >= 0.3 is 0 Å². The highest BCUT2D eigenvalue weighted by atomic mass is 16.5. The first kappa shape index (κ1) is 10.8. The predicted octanol–water partition coefficient (Wildman–Crippen LogP) is 3.41. The second-order valence-electron chi connectivity index (χ2n) is 4.92. The van der Waals surface area contributed by atoms with Crippen molar-refractivity contribution in [3.05, 3.63) is 11.6 Å². The molecule has 0 aromatic carbocycles. The number of ether oxygens (including phenoxy) is 1. The largest absolute Gasteiger partial charge is 0.381 e. The fourth-order valence-corrected chi connectivity index (χ4v) is 1.51. The van der Waals surface area contributed by atoms with Gasteiger partial charge in [-0.05, 0) is 31.1 Å². The molecular weight excluding hydrogens is 160 g/mol. The van der Waals surface area contributed by atoms with Crippen molar-refractivity contribution in [2.75, 3.05) is 13.2 Å². The van der Waals surface area contributed by atoms with Gasteiger partial charge in [-0.15, -0.1) is 0 Å². The molecule has 1 rings (SSSR count). The maximum absolute atomic E-state index is 5.42. The first-order chi connectivity index (χ1) is 6.03. The Morgan fingerprint density at radius 1 is 1.54 bits per heavy atom. The van der Waals surface area contributed by atoms with Crippen molar-refractivity contribution in [2.24, 2.45) is 11.3 Å². The summed E-state index contributed by atoms with van der Waals surface area (Å²) in [4.78, 5) is 0. The van der Waals surface area contributed by atoms with E-state index in [0.717, 1.165) is 13.2 Å². The summed E-state index contributed by atoms with van der Waals surface area (Å²) in [5, 5.41) is 0. The Morgan fingerprint density at radius 2 is 2.23 bits per heavy atom. The smallest absolute Gasteiger partial charge is 0.0523 e. The van der Waals surface area contributed by atoms with Crippen LogP contribution < -0.4 is 0 Å². The summed E-state index contributed by atoms with van der Waals surface area (Å²) in [5.74, 6) is 0.686. The van der Waals surface area contributed by atoms with Crippen molar-refractivity contribution < 1.29 is 4.74 Å². The van der Waals surface area contributed by atoms with Crippen LogP contribution in [0.2, 0.25) is 0 Å². The monoisotopic (exact) mass is 182 g/mol. The molecule has 13 heavy (non-hydrogen) atoms. The molecule has 0 amide bonds. The standard InChI is InChI=1S/C12H22O/c1-10(2)11(3)5-6-12(4)7-8-13-9-12/h5,10H,6-9H2,1-4H3/b11-5+. The Labute approximate surface area is 82.2 Å². The number of allylic oxidation sites excluding steroid dienone is 2. The van der Waals surface area contributed by atoms with Crippen molar-refractivity contribution >= 4 is 0 Å². The Bertz CT molecular complexity index is 185. The fourth-order valence-electron chi connectivity index (χ4n) is 1.51. The second kappa shape index (κ2) is 4.28. The molecule has 0 aliphatic carbocycles. The highest BCUT2D eigenvalue weighted by molar-refractivity contribution is 5.03. The van der Waals surface area contributed by atoms with E-state index in [4.69, 9.17) is 4.74 Å². The van der Waals surface area contributed by atoms with Gasteiger partial charge in [-0.1, -0.05) is 32.4 Å². The third-order valence-corrected chi connectivity index (χ3v) is 3.13. The van der Waals surface area contributed by atoms with Gasteiger partial charge < -0.3 is 4.74 Å². The van der Waals surface area contributed by atoms with Gasteiger partial charge in [0.25, 0.3) is 0 Å². The summed E-state index contributed by atoms with van der Waals surface area (Å²) in [7, 11) is 0. The van der Waals surface area contributed by atoms with E-state index >= 15 is 0 Å². The van der Waals surface area contributed by atoms with Crippen LogP contribution in [-0.2, 0) is 4.74 Å². The Morgan fingerprint density at radius 3 is 2.69 bits per heavy atom. The normalized spacial score (nSPS) is 30.1. The van der Waals surface area contributed by atoms with Crippen LogP contribution in [0.5, 0.6) is 0 Å². The predicted molar refractivity (Wildman–Crippen MR) is 56.8 cm³/mol. The van der Waals surface area contributed by atoms with Gasteiger partial charge in [0.15, 0.2) is 0 Å². The molecule has 0 radical (unpaired) electrons. The molecule has 1 fully saturated rings. The minimum Gasteiger partial charge on any atom is -0.381 e. The lowest BCUT2D eigenvalue weighted by Gasteiger charge is -2.20. The van der Waals surface area contributed by atoms with Crippen molar-refractivity contribution in [1.29, 1.82) is 0 Å². The van der Waals surface area contributed by atoms with Gasteiger partial charge in [-0.2, -0.15) is 0 Å². The maximum atomic E-state index is 5.42. The van der Waals surface area contributed by atoms with Crippen LogP contribution in [0.4, 0.5) is 0 Å². The highest BCUT2D eigenvalue weighted by Crippen LogP contribution is 2.32. The van der Waals surface area contributed by atoms with Gasteiger partial charge in [0.05, 0.1) is 6.61 Å². The van der Waals surface area contributed by atoms with E-state index in [0.29, 0.717) is 11.3 Å². The van der Waals surface area contributed by atoms with Crippen LogP contribution in [0.15, 0.2) is 11.6 Å². The van der Waals surface area contributed by atoms with E-state index in [9.17, 15) is 0 Å². The summed E-state index contributed by atoms with van der Waals surface area (Å²) >= 11 is 0. The summed E-state index contributed by atoms with van der Waals surface area (Å²) in [5.41, 5.74) is 1.92. The van der Waals surface area contributed by atoms with Crippen molar-refractivity contribution in [1.82, 2.24) is 0 Å². The second-order valence-corrected chi connectivity index (χ2v) is 4.92. The van der Waals surface area contributed by atoms with Crippen molar-refractivity contribution in [2.45, 2.75) is 40.5 Å². The van der Waals surface area contributed by atoms with Crippen LogP contribution in [-0.4, -0.2) is 13.2 Å². The van der Waals surface area contributed by atoms with Crippen LogP contribution in [0.25, 0.3) is 0 Å². The first-order valence-corrected chi connectivity index (χ1v) is 5.28. The molecular formula is C12H22O. The van der Waals surface area contributed by atoms with E-state index in [-0.39, 0.29) is 0 Å².